The number of carbonyl (C=O) groups excluding carboxylic acids is 1. The van der Waals surface area contributed by atoms with E-state index >= 15 is 0 Å². The summed E-state index contributed by atoms with van der Waals surface area (Å²) < 4.78 is 0. The van der Waals surface area contributed by atoms with Crippen molar-refractivity contribution in [2.24, 2.45) is 5.73 Å². The smallest absolute Gasteiger partial charge is 0.240 e. The van der Waals surface area contributed by atoms with Gasteiger partial charge in [-0.1, -0.05) is 6.42 Å². The summed E-state index contributed by atoms with van der Waals surface area (Å²) in [6.07, 6.45) is 6.71. The van der Waals surface area contributed by atoms with E-state index in [1.165, 1.54) is 32.4 Å². The van der Waals surface area contributed by atoms with Crippen LogP contribution in [0.25, 0.3) is 0 Å². The lowest BCUT2D eigenvalue weighted by Crippen LogP contribution is -2.60. The Balaban J connectivity index is 0.00000162. The number of nitrogens with one attached hydrogen (secondary N) is 1. The molecular formula is C13H27Cl2N3O. The minimum atomic E-state index is -0.559. The maximum absolute atomic E-state index is 11.9. The molecule has 1 aliphatic heterocycles. The van der Waals surface area contributed by atoms with Gasteiger partial charge < -0.3 is 16.0 Å². The molecule has 1 aliphatic carbocycles. The summed E-state index contributed by atoms with van der Waals surface area (Å²) in [5.41, 5.74) is 5.44. The van der Waals surface area contributed by atoms with Crippen molar-refractivity contribution in [2.45, 2.75) is 57.0 Å². The van der Waals surface area contributed by atoms with Crippen LogP contribution in [0.3, 0.4) is 0 Å². The number of likely N-dealkylation sites (tertiary alicyclic amines) is 1. The number of carbonyl (C=O) groups is 1. The Morgan fingerprint density at radius 1 is 1.21 bits per heavy atom. The molecule has 0 bridgehead atoms. The van der Waals surface area contributed by atoms with Crippen LogP contribution in [0.15, 0.2) is 0 Å². The Labute approximate surface area is 128 Å². The SMILES string of the molecule is CC(CN1CCCCC1)NC(=O)C1(N)CCC1.Cl.Cl. The number of rotatable bonds is 4. The summed E-state index contributed by atoms with van der Waals surface area (Å²) in [7, 11) is 0. The predicted molar refractivity (Wildman–Crippen MR) is 83.2 cm³/mol. The molecule has 3 N–H and O–H groups in total. The third kappa shape index (κ3) is 5.10. The van der Waals surface area contributed by atoms with Crippen LogP contribution in [0, 0.1) is 0 Å². The van der Waals surface area contributed by atoms with Crippen LogP contribution in [0.5, 0.6) is 0 Å². The second-order valence-corrected chi connectivity index (χ2v) is 5.75. The first-order valence-electron chi connectivity index (χ1n) is 6.92. The first-order valence-corrected chi connectivity index (χ1v) is 6.92. The number of amides is 1. The lowest BCUT2D eigenvalue weighted by molar-refractivity contribution is -0.130. The van der Waals surface area contributed by atoms with Gasteiger partial charge in [0.1, 0.15) is 0 Å². The number of piperidine rings is 1. The van der Waals surface area contributed by atoms with Gasteiger partial charge in [0.25, 0.3) is 0 Å². The van der Waals surface area contributed by atoms with Gasteiger partial charge >= 0.3 is 0 Å². The van der Waals surface area contributed by atoms with E-state index in [0.29, 0.717) is 0 Å². The highest BCUT2D eigenvalue weighted by atomic mass is 35.5. The molecule has 1 saturated carbocycles. The van der Waals surface area contributed by atoms with Crippen LogP contribution in [0.4, 0.5) is 0 Å². The zero-order valence-corrected chi connectivity index (χ0v) is 13.3. The quantitative estimate of drug-likeness (QED) is 0.831. The third-order valence-corrected chi connectivity index (χ3v) is 4.06. The van der Waals surface area contributed by atoms with Gasteiger partial charge in [-0.05, 0) is 52.1 Å². The van der Waals surface area contributed by atoms with E-state index < -0.39 is 5.54 Å². The molecule has 0 aromatic rings. The van der Waals surface area contributed by atoms with Gasteiger partial charge in [0, 0.05) is 12.6 Å². The van der Waals surface area contributed by atoms with Crippen LogP contribution < -0.4 is 11.1 Å². The summed E-state index contributed by atoms with van der Waals surface area (Å²) in [4.78, 5) is 14.4. The van der Waals surface area contributed by atoms with E-state index in [0.717, 1.165) is 25.8 Å². The Morgan fingerprint density at radius 3 is 2.26 bits per heavy atom. The summed E-state index contributed by atoms with van der Waals surface area (Å²) in [6, 6.07) is 0.210. The Hall–Kier alpha value is -0.0300. The second-order valence-electron chi connectivity index (χ2n) is 5.75. The normalized spacial score (nSPS) is 23.3. The Morgan fingerprint density at radius 2 is 1.79 bits per heavy atom. The summed E-state index contributed by atoms with van der Waals surface area (Å²) in [5, 5.41) is 3.06. The van der Waals surface area contributed by atoms with Gasteiger partial charge in [0.2, 0.25) is 5.91 Å². The van der Waals surface area contributed by atoms with Crippen molar-refractivity contribution in [2.75, 3.05) is 19.6 Å². The molecule has 114 valence electrons. The molecule has 1 atom stereocenters. The van der Waals surface area contributed by atoms with E-state index in [2.05, 4.69) is 17.1 Å². The van der Waals surface area contributed by atoms with Crippen LogP contribution >= 0.6 is 24.8 Å². The largest absolute Gasteiger partial charge is 0.351 e. The maximum atomic E-state index is 11.9. The van der Waals surface area contributed by atoms with E-state index in [1.807, 2.05) is 0 Å². The van der Waals surface area contributed by atoms with E-state index in [4.69, 9.17) is 5.73 Å². The van der Waals surface area contributed by atoms with Gasteiger partial charge in [-0.3, -0.25) is 4.79 Å². The molecule has 1 saturated heterocycles. The van der Waals surface area contributed by atoms with Crippen molar-refractivity contribution in [3.05, 3.63) is 0 Å². The molecule has 6 heteroatoms. The van der Waals surface area contributed by atoms with Crippen LogP contribution in [0.1, 0.15) is 45.4 Å². The predicted octanol–water partition coefficient (Wildman–Crippen LogP) is 1.70. The molecule has 4 nitrogen and oxygen atoms in total. The molecular weight excluding hydrogens is 285 g/mol. The number of hydrogen-bond acceptors (Lipinski definition) is 3. The van der Waals surface area contributed by atoms with Crippen LogP contribution in [0.2, 0.25) is 0 Å². The molecule has 2 aliphatic rings. The van der Waals surface area contributed by atoms with E-state index in [-0.39, 0.29) is 36.8 Å². The van der Waals surface area contributed by atoms with Crippen molar-refractivity contribution in [1.29, 1.82) is 0 Å². The average molecular weight is 312 g/mol. The fourth-order valence-electron chi connectivity index (χ4n) is 2.73. The van der Waals surface area contributed by atoms with Gasteiger partial charge in [0.15, 0.2) is 0 Å². The molecule has 2 fully saturated rings. The topological polar surface area (TPSA) is 58.4 Å². The molecule has 2 rings (SSSR count). The first kappa shape index (κ1) is 19.0. The summed E-state index contributed by atoms with van der Waals surface area (Å²) >= 11 is 0. The number of nitrogens with two attached hydrogens (primary N) is 1. The molecule has 19 heavy (non-hydrogen) atoms. The zero-order chi connectivity index (χ0) is 12.3. The van der Waals surface area contributed by atoms with Gasteiger partial charge in [-0.25, -0.2) is 0 Å². The van der Waals surface area contributed by atoms with Gasteiger partial charge in [0.05, 0.1) is 5.54 Å². The summed E-state index contributed by atoms with van der Waals surface area (Å²) in [5.74, 6) is 0.0493. The van der Waals surface area contributed by atoms with Crippen molar-refractivity contribution in [1.82, 2.24) is 10.2 Å². The lowest BCUT2D eigenvalue weighted by Gasteiger charge is -2.38. The second kappa shape index (κ2) is 8.30. The monoisotopic (exact) mass is 311 g/mol. The minimum Gasteiger partial charge on any atom is -0.351 e. The highest BCUT2D eigenvalue weighted by molar-refractivity contribution is 5.87. The first-order chi connectivity index (χ1) is 8.10. The molecule has 0 aromatic heterocycles. The molecule has 0 aromatic carbocycles. The van der Waals surface area contributed by atoms with Crippen molar-refractivity contribution in [3.63, 3.8) is 0 Å². The Kier molecular flexibility index (Phi) is 8.29. The van der Waals surface area contributed by atoms with Gasteiger partial charge in [-0.2, -0.15) is 0 Å². The third-order valence-electron chi connectivity index (χ3n) is 4.06. The molecule has 1 heterocycles. The minimum absolute atomic E-state index is 0. The highest BCUT2D eigenvalue weighted by Crippen LogP contribution is 2.29. The standard InChI is InChI=1S/C13H25N3O.2ClH/c1-11(10-16-8-3-2-4-9-16)15-12(17)13(14)6-5-7-13;;/h11H,2-10,14H2,1H3,(H,15,17);2*1H. The average Bonchev–Trinajstić information content (AvgIpc) is 2.27. The number of nitrogens with zero attached hydrogens (tertiary/aromatic N) is 1. The molecule has 0 spiro atoms. The van der Waals surface area contributed by atoms with Crippen LogP contribution in [-0.2, 0) is 4.79 Å². The maximum Gasteiger partial charge on any atom is 0.240 e. The van der Waals surface area contributed by atoms with Crippen molar-refractivity contribution in [3.8, 4) is 0 Å². The lowest BCUT2D eigenvalue weighted by atomic mass is 9.77. The zero-order valence-electron chi connectivity index (χ0n) is 11.7. The fraction of sp³-hybridized carbons (Fsp3) is 0.923. The van der Waals surface area contributed by atoms with E-state index in [9.17, 15) is 4.79 Å². The van der Waals surface area contributed by atoms with Gasteiger partial charge in [-0.15, -0.1) is 24.8 Å². The van der Waals surface area contributed by atoms with Crippen molar-refractivity contribution < 1.29 is 4.79 Å². The number of halogens is 2. The van der Waals surface area contributed by atoms with Crippen molar-refractivity contribution >= 4 is 30.7 Å². The fourth-order valence-corrected chi connectivity index (χ4v) is 2.73. The molecule has 0 radical (unpaired) electrons. The summed E-state index contributed by atoms with van der Waals surface area (Å²) in [6.45, 7) is 5.39. The number of hydrogen-bond donors (Lipinski definition) is 2. The highest BCUT2D eigenvalue weighted by Gasteiger charge is 2.40. The van der Waals surface area contributed by atoms with Crippen LogP contribution in [-0.4, -0.2) is 42.0 Å². The molecule has 1 amide bonds. The molecule has 1 unspecified atom stereocenters. The van der Waals surface area contributed by atoms with E-state index in [1.54, 1.807) is 0 Å². The Bertz CT molecular complexity index is 279.